The zero-order valence-electron chi connectivity index (χ0n) is 10.9. The van der Waals surface area contributed by atoms with Crippen molar-refractivity contribution < 1.29 is 5.11 Å². The van der Waals surface area contributed by atoms with Gasteiger partial charge < -0.3 is 15.3 Å². The minimum absolute atomic E-state index is 0.338. The molecule has 3 nitrogen and oxygen atoms in total. The van der Waals surface area contributed by atoms with Gasteiger partial charge in [0.2, 0.25) is 0 Å². The molecule has 0 aliphatic heterocycles. The van der Waals surface area contributed by atoms with Crippen molar-refractivity contribution in [1.29, 1.82) is 0 Å². The maximum absolute atomic E-state index is 9.33. The van der Waals surface area contributed by atoms with Crippen LogP contribution in [0.1, 0.15) is 25.8 Å². The molecule has 2 N–H and O–H groups in total. The van der Waals surface area contributed by atoms with Crippen LogP contribution >= 0.6 is 0 Å². The van der Waals surface area contributed by atoms with Gasteiger partial charge >= 0.3 is 0 Å². The average molecular weight is 236 g/mol. The molecule has 1 rings (SSSR count). The smallest absolute Gasteiger partial charge is 0.115 e. The number of phenolic OH excluding ortho intramolecular Hbond substituents is 1. The molecule has 96 valence electrons. The van der Waals surface area contributed by atoms with Gasteiger partial charge in [-0.3, -0.25) is 0 Å². The Kier molecular flexibility index (Phi) is 6.67. The fraction of sp³-hybridized carbons (Fsp3) is 0.571. The van der Waals surface area contributed by atoms with E-state index >= 15 is 0 Å². The first-order valence-corrected chi connectivity index (χ1v) is 6.47. The molecule has 0 aromatic heterocycles. The lowest BCUT2D eigenvalue weighted by atomic mass is 10.2. The van der Waals surface area contributed by atoms with Crippen molar-refractivity contribution in [3.63, 3.8) is 0 Å². The van der Waals surface area contributed by atoms with E-state index in [0.717, 1.165) is 31.7 Å². The van der Waals surface area contributed by atoms with E-state index in [-0.39, 0.29) is 0 Å². The molecule has 1 aromatic rings. The quantitative estimate of drug-likeness (QED) is 0.679. The van der Waals surface area contributed by atoms with Crippen LogP contribution in [0.2, 0.25) is 0 Å². The Morgan fingerprint density at radius 1 is 1.24 bits per heavy atom. The molecule has 1 aromatic carbocycles. The summed E-state index contributed by atoms with van der Waals surface area (Å²) in [4.78, 5) is 2.44. The van der Waals surface area contributed by atoms with Gasteiger partial charge in [0, 0.05) is 19.6 Å². The molecule has 0 heterocycles. The second-order valence-corrected chi connectivity index (χ2v) is 4.28. The SMILES string of the molecule is CCCN(CC)CCNCc1cccc(O)c1. The van der Waals surface area contributed by atoms with Crippen molar-refractivity contribution in [2.45, 2.75) is 26.8 Å². The number of benzene rings is 1. The van der Waals surface area contributed by atoms with Crippen LogP contribution in [0.4, 0.5) is 0 Å². The highest BCUT2D eigenvalue weighted by atomic mass is 16.3. The Labute approximate surface area is 104 Å². The van der Waals surface area contributed by atoms with E-state index in [9.17, 15) is 5.11 Å². The van der Waals surface area contributed by atoms with E-state index in [1.54, 1.807) is 12.1 Å². The Hall–Kier alpha value is -1.06. The summed E-state index contributed by atoms with van der Waals surface area (Å²) in [6.07, 6.45) is 1.21. The van der Waals surface area contributed by atoms with Crippen molar-refractivity contribution in [3.8, 4) is 5.75 Å². The van der Waals surface area contributed by atoms with Gasteiger partial charge in [-0.15, -0.1) is 0 Å². The Balaban J connectivity index is 2.19. The zero-order valence-corrected chi connectivity index (χ0v) is 10.9. The monoisotopic (exact) mass is 236 g/mol. The molecule has 0 spiro atoms. The number of nitrogens with zero attached hydrogens (tertiary/aromatic N) is 1. The first kappa shape index (κ1) is 14.0. The molecule has 0 fully saturated rings. The maximum atomic E-state index is 9.33. The summed E-state index contributed by atoms with van der Waals surface area (Å²) in [5.41, 5.74) is 1.13. The molecule has 17 heavy (non-hydrogen) atoms. The number of hydrogen-bond acceptors (Lipinski definition) is 3. The van der Waals surface area contributed by atoms with E-state index < -0.39 is 0 Å². The summed E-state index contributed by atoms with van der Waals surface area (Å²) < 4.78 is 0. The van der Waals surface area contributed by atoms with Crippen LogP contribution < -0.4 is 5.32 Å². The Bertz CT molecular complexity index is 315. The van der Waals surface area contributed by atoms with Crippen molar-refractivity contribution in [2.75, 3.05) is 26.2 Å². The summed E-state index contributed by atoms with van der Waals surface area (Å²) in [5.74, 6) is 0.338. The lowest BCUT2D eigenvalue weighted by Crippen LogP contribution is -2.32. The molecule has 0 atom stereocenters. The lowest BCUT2D eigenvalue weighted by molar-refractivity contribution is 0.287. The average Bonchev–Trinajstić information content (AvgIpc) is 2.33. The molecule has 0 saturated carbocycles. The third-order valence-electron chi connectivity index (χ3n) is 2.83. The summed E-state index contributed by atoms with van der Waals surface area (Å²) >= 11 is 0. The number of likely N-dealkylation sites (N-methyl/N-ethyl adjacent to an activating group) is 1. The molecular weight excluding hydrogens is 212 g/mol. The molecule has 3 heteroatoms. The van der Waals surface area contributed by atoms with Gasteiger partial charge in [0.25, 0.3) is 0 Å². The highest BCUT2D eigenvalue weighted by molar-refractivity contribution is 5.26. The van der Waals surface area contributed by atoms with Crippen LogP contribution in [-0.2, 0) is 6.54 Å². The van der Waals surface area contributed by atoms with Gasteiger partial charge in [0.05, 0.1) is 0 Å². The predicted octanol–water partition coefficient (Wildman–Crippen LogP) is 2.21. The van der Waals surface area contributed by atoms with Crippen molar-refractivity contribution >= 4 is 0 Å². The lowest BCUT2D eigenvalue weighted by Gasteiger charge is -2.19. The third kappa shape index (κ3) is 5.71. The van der Waals surface area contributed by atoms with Crippen molar-refractivity contribution in [1.82, 2.24) is 10.2 Å². The van der Waals surface area contributed by atoms with E-state index in [4.69, 9.17) is 0 Å². The van der Waals surface area contributed by atoms with E-state index in [1.807, 2.05) is 12.1 Å². The Morgan fingerprint density at radius 3 is 2.71 bits per heavy atom. The van der Waals surface area contributed by atoms with Gasteiger partial charge in [0.1, 0.15) is 5.75 Å². The fourth-order valence-electron chi connectivity index (χ4n) is 1.88. The van der Waals surface area contributed by atoms with Crippen LogP contribution in [-0.4, -0.2) is 36.2 Å². The van der Waals surface area contributed by atoms with Crippen molar-refractivity contribution in [3.05, 3.63) is 29.8 Å². The third-order valence-corrected chi connectivity index (χ3v) is 2.83. The number of phenols is 1. The van der Waals surface area contributed by atoms with Gasteiger partial charge in [-0.2, -0.15) is 0 Å². The first-order valence-electron chi connectivity index (χ1n) is 6.47. The summed E-state index contributed by atoms with van der Waals surface area (Å²) in [7, 11) is 0. The fourth-order valence-corrected chi connectivity index (χ4v) is 1.88. The van der Waals surface area contributed by atoms with E-state index in [2.05, 4.69) is 24.1 Å². The molecular formula is C14H24N2O. The minimum atomic E-state index is 0.338. The zero-order chi connectivity index (χ0) is 12.5. The largest absolute Gasteiger partial charge is 0.508 e. The molecule has 0 aliphatic carbocycles. The van der Waals surface area contributed by atoms with E-state index in [0.29, 0.717) is 5.75 Å². The van der Waals surface area contributed by atoms with Gasteiger partial charge in [0.15, 0.2) is 0 Å². The normalized spacial score (nSPS) is 11.0. The van der Waals surface area contributed by atoms with E-state index in [1.165, 1.54) is 13.0 Å². The Morgan fingerprint density at radius 2 is 2.06 bits per heavy atom. The van der Waals surface area contributed by atoms with Crippen LogP contribution in [0.25, 0.3) is 0 Å². The topological polar surface area (TPSA) is 35.5 Å². The van der Waals surface area contributed by atoms with Gasteiger partial charge in [-0.05, 0) is 37.2 Å². The summed E-state index contributed by atoms with van der Waals surface area (Å²) in [6, 6.07) is 7.40. The van der Waals surface area contributed by atoms with Gasteiger partial charge in [-0.25, -0.2) is 0 Å². The number of hydrogen-bond donors (Lipinski definition) is 2. The minimum Gasteiger partial charge on any atom is -0.508 e. The molecule has 0 radical (unpaired) electrons. The maximum Gasteiger partial charge on any atom is 0.115 e. The number of aromatic hydroxyl groups is 1. The summed E-state index contributed by atoms with van der Waals surface area (Å²) in [6.45, 7) is 9.59. The molecule has 0 aliphatic rings. The summed E-state index contributed by atoms with van der Waals surface area (Å²) in [5, 5.41) is 12.7. The standard InChI is InChI=1S/C14H24N2O/c1-3-9-16(4-2)10-8-15-12-13-6-5-7-14(17)11-13/h5-7,11,15,17H,3-4,8-10,12H2,1-2H3. The second kappa shape index (κ2) is 8.09. The highest BCUT2D eigenvalue weighted by Crippen LogP contribution is 2.10. The van der Waals surface area contributed by atoms with Crippen LogP contribution in [0.5, 0.6) is 5.75 Å². The number of rotatable bonds is 8. The molecule has 0 amide bonds. The van der Waals surface area contributed by atoms with Crippen LogP contribution in [0, 0.1) is 0 Å². The van der Waals surface area contributed by atoms with Crippen molar-refractivity contribution in [2.24, 2.45) is 0 Å². The van der Waals surface area contributed by atoms with Crippen LogP contribution in [0.15, 0.2) is 24.3 Å². The van der Waals surface area contributed by atoms with Crippen LogP contribution in [0.3, 0.4) is 0 Å². The highest BCUT2D eigenvalue weighted by Gasteiger charge is 2.00. The van der Waals surface area contributed by atoms with Gasteiger partial charge in [-0.1, -0.05) is 26.0 Å². The number of nitrogens with one attached hydrogen (secondary N) is 1. The molecule has 0 saturated heterocycles. The predicted molar refractivity (Wildman–Crippen MR) is 72.2 cm³/mol. The molecule has 0 bridgehead atoms. The second-order valence-electron chi connectivity index (χ2n) is 4.28. The first-order chi connectivity index (χ1) is 8.26. The molecule has 0 unspecified atom stereocenters.